The fourth-order valence-corrected chi connectivity index (χ4v) is 28.5. The Hall–Kier alpha value is 0.434. The van der Waals surface area contributed by atoms with Crippen molar-refractivity contribution < 1.29 is 0 Å². The summed E-state index contributed by atoms with van der Waals surface area (Å²) in [6.45, 7) is 5.58. The largest absolute Gasteiger partial charge is 0.0694 e. The van der Waals surface area contributed by atoms with Crippen molar-refractivity contribution in [2.75, 3.05) is 0 Å². The van der Waals surface area contributed by atoms with Gasteiger partial charge in [-0.25, -0.2) is 0 Å². The highest BCUT2D eigenvalue weighted by atomic mass is 28.5. The molecule has 0 aromatic carbocycles. The van der Waals surface area contributed by atoms with E-state index >= 15 is 0 Å². The fourth-order valence-electron chi connectivity index (χ4n) is 5.97. The van der Waals surface area contributed by atoms with Crippen LogP contribution in [0.5, 0.6) is 0 Å². The first-order valence-electron chi connectivity index (χ1n) is 8.62. The minimum Gasteiger partial charge on any atom is -0.0694 e. The monoisotopic (exact) mass is 280 g/mol. The van der Waals surface area contributed by atoms with Gasteiger partial charge in [0.2, 0.25) is 0 Å². The molecule has 0 amide bonds. The molecule has 0 aromatic heterocycles. The Kier molecular flexibility index (Phi) is 3.79. The first-order valence-corrected chi connectivity index (χ1v) is 14.6. The van der Waals surface area contributed by atoms with E-state index < -0.39 is 16.1 Å². The summed E-state index contributed by atoms with van der Waals surface area (Å²) in [6, 6.07) is 0. The summed E-state index contributed by atoms with van der Waals surface area (Å²) in [5.74, 6) is 0. The average Bonchev–Trinajstić information content (AvgIpc) is 2.39. The van der Waals surface area contributed by atoms with Gasteiger partial charge in [-0.05, 0) is 11.1 Å². The van der Waals surface area contributed by atoms with Crippen molar-refractivity contribution in [3.05, 3.63) is 0 Å². The predicted octanol–water partition coefficient (Wildman–Crippen LogP) is 5.90. The van der Waals surface area contributed by atoms with Crippen LogP contribution in [0.1, 0.15) is 64.2 Å². The molecule has 1 heterocycles. The second-order valence-corrected chi connectivity index (χ2v) is 19.4. The molecule has 0 bridgehead atoms. The lowest BCUT2D eigenvalue weighted by atomic mass is 10.0. The third kappa shape index (κ3) is 2.39. The van der Waals surface area contributed by atoms with Crippen LogP contribution < -0.4 is 0 Å². The minimum absolute atomic E-state index is 0.754. The van der Waals surface area contributed by atoms with Crippen LogP contribution in [0, 0.1) is 0 Å². The van der Waals surface area contributed by atoms with Crippen LogP contribution in [0.4, 0.5) is 0 Å². The molecule has 3 fully saturated rings. The smallest absolute Gasteiger partial charge is 0.0483 e. The summed E-state index contributed by atoms with van der Waals surface area (Å²) in [5, 5.41) is 0. The molecule has 0 atom stereocenters. The first kappa shape index (κ1) is 13.4. The Morgan fingerprint density at radius 2 is 0.889 bits per heavy atom. The minimum atomic E-state index is -0.754. The molecule has 1 saturated heterocycles. The lowest BCUT2D eigenvalue weighted by molar-refractivity contribution is 0.479. The second kappa shape index (κ2) is 5.08. The van der Waals surface area contributed by atoms with E-state index in [4.69, 9.17) is 0 Å². The Morgan fingerprint density at radius 3 is 1.22 bits per heavy atom. The molecule has 0 aromatic rings. The van der Waals surface area contributed by atoms with Gasteiger partial charge in [0.25, 0.3) is 0 Å². The van der Waals surface area contributed by atoms with E-state index in [9.17, 15) is 0 Å². The number of hydrogen-bond donors (Lipinski definition) is 0. The SMILES string of the molecule is C[Si]1(C2CCCCC2)C[Si](C)(C2CCCCC2)C1. The summed E-state index contributed by atoms with van der Waals surface area (Å²) in [4.78, 5) is 0. The Labute approximate surface area is 116 Å². The Bertz CT molecular complexity index is 253. The third-order valence-corrected chi connectivity index (χ3v) is 24.8. The highest BCUT2D eigenvalue weighted by molar-refractivity contribution is 7.13. The molecule has 1 aliphatic heterocycles. The van der Waals surface area contributed by atoms with E-state index in [2.05, 4.69) is 13.1 Å². The van der Waals surface area contributed by atoms with Gasteiger partial charge in [-0.3, -0.25) is 0 Å². The zero-order valence-corrected chi connectivity index (χ0v) is 14.6. The molecule has 3 rings (SSSR count). The van der Waals surface area contributed by atoms with Crippen LogP contribution >= 0.6 is 0 Å². The van der Waals surface area contributed by atoms with Crippen molar-refractivity contribution in [2.45, 2.75) is 99.7 Å². The molecule has 0 nitrogen and oxygen atoms in total. The van der Waals surface area contributed by atoms with Crippen LogP contribution in [-0.2, 0) is 0 Å². The highest BCUT2D eigenvalue weighted by Crippen LogP contribution is 2.57. The summed E-state index contributed by atoms with van der Waals surface area (Å²) >= 11 is 0. The highest BCUT2D eigenvalue weighted by Gasteiger charge is 2.57. The van der Waals surface area contributed by atoms with Crippen molar-refractivity contribution in [2.24, 2.45) is 0 Å². The van der Waals surface area contributed by atoms with Crippen molar-refractivity contribution in [3.8, 4) is 0 Å². The molecular weight excluding hydrogens is 248 g/mol. The van der Waals surface area contributed by atoms with E-state index in [1.54, 1.807) is 51.4 Å². The van der Waals surface area contributed by atoms with Crippen LogP contribution in [0.3, 0.4) is 0 Å². The topological polar surface area (TPSA) is 0 Å². The fraction of sp³-hybridized carbons (Fsp3) is 1.00. The third-order valence-electron chi connectivity index (χ3n) is 6.80. The Morgan fingerprint density at radius 1 is 0.556 bits per heavy atom. The molecule has 2 aliphatic carbocycles. The van der Waals surface area contributed by atoms with Crippen LogP contribution in [-0.4, -0.2) is 16.1 Å². The van der Waals surface area contributed by atoms with Gasteiger partial charge in [-0.1, -0.05) is 88.6 Å². The standard InChI is InChI=1S/C16H32Si2/c1-17(15-9-5-3-6-10-15)13-18(2,14-17)16-11-7-4-8-12-16/h15-16H,3-14H2,1-2H3. The molecule has 0 unspecified atom stereocenters. The number of hydrogen-bond acceptors (Lipinski definition) is 0. The molecule has 18 heavy (non-hydrogen) atoms. The maximum Gasteiger partial charge on any atom is 0.0483 e. The summed E-state index contributed by atoms with van der Waals surface area (Å²) in [7, 11) is -1.51. The molecule has 2 heteroatoms. The zero-order valence-electron chi connectivity index (χ0n) is 12.6. The van der Waals surface area contributed by atoms with E-state index in [1.165, 1.54) is 23.9 Å². The molecule has 2 saturated carbocycles. The molecular formula is C16H32Si2. The van der Waals surface area contributed by atoms with Gasteiger partial charge in [-0.2, -0.15) is 0 Å². The Balaban J connectivity index is 1.59. The van der Waals surface area contributed by atoms with Gasteiger partial charge < -0.3 is 0 Å². The molecule has 3 aliphatic rings. The quantitative estimate of drug-likeness (QED) is 0.552. The molecule has 0 spiro atoms. The summed E-state index contributed by atoms with van der Waals surface area (Å²) in [6.07, 6.45) is 15.8. The van der Waals surface area contributed by atoms with Crippen LogP contribution in [0.2, 0.25) is 35.5 Å². The average molecular weight is 281 g/mol. The van der Waals surface area contributed by atoms with E-state index in [0.29, 0.717) is 0 Å². The molecule has 0 radical (unpaired) electrons. The zero-order chi connectivity index (χ0) is 12.6. The van der Waals surface area contributed by atoms with Crippen molar-refractivity contribution in [1.82, 2.24) is 0 Å². The summed E-state index contributed by atoms with van der Waals surface area (Å²) in [5.41, 5.74) is 6.15. The van der Waals surface area contributed by atoms with Crippen molar-refractivity contribution in [1.29, 1.82) is 0 Å². The van der Waals surface area contributed by atoms with E-state index in [1.807, 2.05) is 11.3 Å². The molecule has 0 N–H and O–H groups in total. The second-order valence-electron chi connectivity index (χ2n) is 8.33. The van der Waals surface area contributed by atoms with E-state index in [-0.39, 0.29) is 0 Å². The molecule has 104 valence electrons. The van der Waals surface area contributed by atoms with Gasteiger partial charge in [-0.15, -0.1) is 0 Å². The summed E-state index contributed by atoms with van der Waals surface area (Å²) < 4.78 is 0. The van der Waals surface area contributed by atoms with Gasteiger partial charge in [0, 0.05) is 16.1 Å². The van der Waals surface area contributed by atoms with Crippen LogP contribution in [0.25, 0.3) is 0 Å². The lowest BCUT2D eigenvalue weighted by Gasteiger charge is -2.59. The van der Waals surface area contributed by atoms with Crippen LogP contribution in [0.15, 0.2) is 0 Å². The van der Waals surface area contributed by atoms with E-state index in [0.717, 1.165) is 0 Å². The van der Waals surface area contributed by atoms with Gasteiger partial charge in [0.1, 0.15) is 0 Å². The van der Waals surface area contributed by atoms with Crippen molar-refractivity contribution >= 4 is 16.1 Å². The maximum atomic E-state index is 2.79. The lowest BCUT2D eigenvalue weighted by Crippen LogP contribution is -2.64. The normalized spacial score (nSPS) is 43.7. The predicted molar refractivity (Wildman–Crippen MR) is 86.5 cm³/mol. The van der Waals surface area contributed by atoms with Gasteiger partial charge in [0.05, 0.1) is 0 Å². The maximum absolute atomic E-state index is 2.79. The first-order chi connectivity index (χ1) is 8.62. The number of rotatable bonds is 2. The van der Waals surface area contributed by atoms with Gasteiger partial charge >= 0.3 is 0 Å². The van der Waals surface area contributed by atoms with Gasteiger partial charge in [0.15, 0.2) is 0 Å². The van der Waals surface area contributed by atoms with Crippen molar-refractivity contribution in [3.63, 3.8) is 0 Å².